The van der Waals surface area contributed by atoms with Gasteiger partial charge in [0, 0.05) is 0 Å². The van der Waals surface area contributed by atoms with Crippen LogP contribution >= 0.6 is 0 Å². The molecule has 1 atom stereocenters. The Morgan fingerprint density at radius 1 is 1.46 bits per heavy atom. The minimum absolute atomic E-state index is 0.357. The Kier molecular flexibility index (Phi) is 8.05. The van der Waals surface area contributed by atoms with Gasteiger partial charge in [-0.1, -0.05) is 26.3 Å². The Balaban J connectivity index is 3.59. The summed E-state index contributed by atoms with van der Waals surface area (Å²) in [5.74, 6) is 0. The first-order chi connectivity index (χ1) is 6.20. The maximum absolute atomic E-state index is 8.97. The summed E-state index contributed by atoms with van der Waals surface area (Å²) in [7, 11) is 0. The lowest BCUT2D eigenvalue weighted by atomic mass is 10.1. The van der Waals surface area contributed by atoms with E-state index in [1.807, 2.05) is 0 Å². The number of rotatable bonds is 7. The number of hydrogen-bond donors (Lipinski definition) is 1. The molecule has 0 aliphatic rings. The standard InChI is InChI=1S/C11H22O2/c1-4-6-7-11(5-2)9-13-8-10(3)12/h7,10,12H,4-6,8-9H2,1-3H3/b11-7+. The van der Waals surface area contributed by atoms with E-state index in [0.717, 1.165) is 12.8 Å². The molecule has 0 aromatic carbocycles. The Hall–Kier alpha value is -0.340. The third-order valence-electron chi connectivity index (χ3n) is 1.82. The van der Waals surface area contributed by atoms with Crippen molar-refractivity contribution >= 4 is 0 Å². The van der Waals surface area contributed by atoms with E-state index in [0.29, 0.717) is 13.2 Å². The second kappa shape index (κ2) is 8.27. The van der Waals surface area contributed by atoms with Gasteiger partial charge in [0.05, 0.1) is 19.3 Å². The first-order valence-electron chi connectivity index (χ1n) is 5.14. The van der Waals surface area contributed by atoms with Crippen LogP contribution in [0.15, 0.2) is 11.6 Å². The molecule has 2 nitrogen and oxygen atoms in total. The van der Waals surface area contributed by atoms with Crippen molar-refractivity contribution in [3.63, 3.8) is 0 Å². The molecule has 1 unspecified atom stereocenters. The molecule has 0 amide bonds. The number of aliphatic hydroxyl groups excluding tert-OH is 1. The van der Waals surface area contributed by atoms with Crippen molar-refractivity contribution < 1.29 is 9.84 Å². The zero-order valence-electron chi connectivity index (χ0n) is 9.05. The van der Waals surface area contributed by atoms with E-state index in [1.54, 1.807) is 6.92 Å². The molecular weight excluding hydrogens is 164 g/mol. The third kappa shape index (κ3) is 8.00. The van der Waals surface area contributed by atoms with Gasteiger partial charge >= 0.3 is 0 Å². The molecule has 13 heavy (non-hydrogen) atoms. The summed E-state index contributed by atoms with van der Waals surface area (Å²) in [6, 6.07) is 0. The molecule has 2 heteroatoms. The van der Waals surface area contributed by atoms with Crippen molar-refractivity contribution in [2.24, 2.45) is 0 Å². The molecule has 0 rings (SSSR count). The van der Waals surface area contributed by atoms with E-state index in [4.69, 9.17) is 9.84 Å². The van der Waals surface area contributed by atoms with Gasteiger partial charge in [0.15, 0.2) is 0 Å². The number of allylic oxidation sites excluding steroid dienone is 1. The lowest BCUT2D eigenvalue weighted by Gasteiger charge is -2.08. The lowest BCUT2D eigenvalue weighted by Crippen LogP contribution is -2.11. The van der Waals surface area contributed by atoms with Crippen molar-refractivity contribution in [3.8, 4) is 0 Å². The molecule has 0 heterocycles. The Labute approximate surface area is 81.6 Å². The predicted octanol–water partition coefficient (Wildman–Crippen LogP) is 2.52. The van der Waals surface area contributed by atoms with Crippen LogP contribution in [0, 0.1) is 0 Å². The van der Waals surface area contributed by atoms with Gasteiger partial charge < -0.3 is 9.84 Å². The quantitative estimate of drug-likeness (QED) is 0.619. The van der Waals surface area contributed by atoms with Crippen LogP contribution in [0.1, 0.15) is 40.0 Å². The summed E-state index contributed by atoms with van der Waals surface area (Å²) in [5.41, 5.74) is 1.34. The highest BCUT2D eigenvalue weighted by molar-refractivity contribution is 5.01. The molecule has 0 saturated heterocycles. The highest BCUT2D eigenvalue weighted by atomic mass is 16.5. The van der Waals surface area contributed by atoms with E-state index in [1.165, 1.54) is 12.0 Å². The minimum Gasteiger partial charge on any atom is -0.391 e. The number of ether oxygens (including phenoxy) is 1. The van der Waals surface area contributed by atoms with Crippen LogP contribution in [-0.2, 0) is 4.74 Å². The molecule has 0 fully saturated rings. The smallest absolute Gasteiger partial charge is 0.0745 e. The van der Waals surface area contributed by atoms with E-state index >= 15 is 0 Å². The lowest BCUT2D eigenvalue weighted by molar-refractivity contribution is 0.0563. The summed E-state index contributed by atoms with van der Waals surface area (Å²) < 4.78 is 5.33. The van der Waals surface area contributed by atoms with Crippen LogP contribution in [0.3, 0.4) is 0 Å². The summed E-state index contributed by atoms with van der Waals surface area (Å²) in [4.78, 5) is 0. The van der Waals surface area contributed by atoms with Crippen molar-refractivity contribution in [1.29, 1.82) is 0 Å². The first-order valence-corrected chi connectivity index (χ1v) is 5.14. The highest BCUT2D eigenvalue weighted by Crippen LogP contribution is 2.04. The van der Waals surface area contributed by atoms with Crippen LogP contribution < -0.4 is 0 Å². The molecule has 1 N–H and O–H groups in total. The maximum Gasteiger partial charge on any atom is 0.0745 e. The van der Waals surface area contributed by atoms with Crippen LogP contribution in [0.25, 0.3) is 0 Å². The van der Waals surface area contributed by atoms with Crippen molar-refractivity contribution in [3.05, 3.63) is 11.6 Å². The number of hydrogen-bond acceptors (Lipinski definition) is 2. The van der Waals surface area contributed by atoms with Gasteiger partial charge in [-0.15, -0.1) is 0 Å². The summed E-state index contributed by atoms with van der Waals surface area (Å²) in [6.07, 6.45) is 5.23. The Morgan fingerprint density at radius 2 is 2.15 bits per heavy atom. The molecule has 0 aliphatic heterocycles. The molecular formula is C11H22O2. The van der Waals surface area contributed by atoms with Crippen LogP contribution in [0.5, 0.6) is 0 Å². The zero-order valence-corrected chi connectivity index (χ0v) is 9.05. The molecule has 0 bridgehead atoms. The molecule has 0 radical (unpaired) electrons. The van der Waals surface area contributed by atoms with E-state index in [9.17, 15) is 0 Å². The summed E-state index contributed by atoms with van der Waals surface area (Å²) in [5, 5.41) is 8.97. The SMILES string of the molecule is CCC/C=C(\CC)COCC(C)O. The zero-order chi connectivity index (χ0) is 10.1. The summed E-state index contributed by atoms with van der Waals surface area (Å²) >= 11 is 0. The normalized spacial score (nSPS) is 14.6. The minimum atomic E-state index is -0.357. The predicted molar refractivity (Wildman–Crippen MR) is 55.8 cm³/mol. The highest BCUT2D eigenvalue weighted by Gasteiger charge is 1.97. The van der Waals surface area contributed by atoms with Crippen LogP contribution in [0.4, 0.5) is 0 Å². The molecule has 0 aromatic heterocycles. The molecule has 0 spiro atoms. The van der Waals surface area contributed by atoms with Crippen LogP contribution in [-0.4, -0.2) is 24.4 Å². The second-order valence-corrected chi connectivity index (χ2v) is 3.37. The first kappa shape index (κ1) is 12.7. The van der Waals surface area contributed by atoms with Gasteiger partial charge in [-0.05, 0) is 25.3 Å². The third-order valence-corrected chi connectivity index (χ3v) is 1.82. The molecule has 0 saturated carbocycles. The van der Waals surface area contributed by atoms with E-state index in [2.05, 4.69) is 19.9 Å². The van der Waals surface area contributed by atoms with Gasteiger partial charge in [0.1, 0.15) is 0 Å². The van der Waals surface area contributed by atoms with Gasteiger partial charge in [-0.3, -0.25) is 0 Å². The molecule has 78 valence electrons. The van der Waals surface area contributed by atoms with Gasteiger partial charge in [-0.25, -0.2) is 0 Å². The average Bonchev–Trinajstić information content (AvgIpc) is 2.10. The average molecular weight is 186 g/mol. The number of aliphatic hydroxyl groups is 1. The fraction of sp³-hybridized carbons (Fsp3) is 0.818. The largest absolute Gasteiger partial charge is 0.391 e. The Bertz CT molecular complexity index is 139. The van der Waals surface area contributed by atoms with Crippen LogP contribution in [0.2, 0.25) is 0 Å². The van der Waals surface area contributed by atoms with E-state index in [-0.39, 0.29) is 6.10 Å². The summed E-state index contributed by atoms with van der Waals surface area (Å²) in [6.45, 7) is 7.14. The van der Waals surface area contributed by atoms with Gasteiger partial charge in [-0.2, -0.15) is 0 Å². The second-order valence-electron chi connectivity index (χ2n) is 3.37. The topological polar surface area (TPSA) is 29.5 Å². The van der Waals surface area contributed by atoms with E-state index < -0.39 is 0 Å². The number of unbranched alkanes of at least 4 members (excludes halogenated alkanes) is 1. The fourth-order valence-corrected chi connectivity index (χ4v) is 1.01. The van der Waals surface area contributed by atoms with Crippen molar-refractivity contribution in [2.75, 3.05) is 13.2 Å². The molecule has 0 aromatic rings. The molecule has 0 aliphatic carbocycles. The fourth-order valence-electron chi connectivity index (χ4n) is 1.01. The Morgan fingerprint density at radius 3 is 2.62 bits per heavy atom. The van der Waals surface area contributed by atoms with Gasteiger partial charge in [0.25, 0.3) is 0 Å². The monoisotopic (exact) mass is 186 g/mol. The van der Waals surface area contributed by atoms with Crippen molar-refractivity contribution in [1.82, 2.24) is 0 Å². The maximum atomic E-state index is 8.97. The van der Waals surface area contributed by atoms with Gasteiger partial charge in [0.2, 0.25) is 0 Å². The van der Waals surface area contributed by atoms with Crippen molar-refractivity contribution in [2.45, 2.75) is 46.1 Å².